The highest BCUT2D eigenvalue weighted by molar-refractivity contribution is 6.05. The summed E-state index contributed by atoms with van der Waals surface area (Å²) in [6.45, 7) is 0.966. The molecular weight excluding hydrogens is 464 g/mol. The van der Waals surface area contributed by atoms with E-state index in [1.54, 1.807) is 29.0 Å². The lowest BCUT2D eigenvalue weighted by Gasteiger charge is -2.35. The number of hydrogen-bond donors (Lipinski definition) is 1. The van der Waals surface area contributed by atoms with Crippen LogP contribution < -0.4 is 9.64 Å². The summed E-state index contributed by atoms with van der Waals surface area (Å²) in [6, 6.07) is 6.28. The molecule has 4 heterocycles. The van der Waals surface area contributed by atoms with E-state index in [2.05, 4.69) is 0 Å². The van der Waals surface area contributed by atoms with Crippen molar-refractivity contribution in [2.75, 3.05) is 38.3 Å². The third-order valence-electron chi connectivity index (χ3n) is 7.56. The topological polar surface area (TPSA) is 106 Å². The van der Waals surface area contributed by atoms with E-state index in [4.69, 9.17) is 14.2 Å². The first-order valence-electron chi connectivity index (χ1n) is 12.6. The van der Waals surface area contributed by atoms with Gasteiger partial charge in [-0.15, -0.1) is 0 Å². The van der Waals surface area contributed by atoms with Gasteiger partial charge >= 0.3 is 5.97 Å². The number of anilines is 1. The van der Waals surface area contributed by atoms with Crippen molar-refractivity contribution in [2.24, 2.45) is 11.8 Å². The summed E-state index contributed by atoms with van der Waals surface area (Å²) in [7, 11) is 1.58. The highest BCUT2D eigenvalue weighted by Crippen LogP contribution is 2.53. The summed E-state index contributed by atoms with van der Waals surface area (Å²) in [6.07, 6.45) is 9.30. The standard InChI is InChI=1S/C27H32N2O7/c1-34-19-11-9-18(10-12-19)28-15-7-13-27-22(21-20(36-27)8-3-6-17-35-26(21)33)24(31)29(23(27)25(28)32)14-4-2-5-16-30/h3,7-13,20-23,30H,2,4-6,14-17H2,1H3/t20-,21+,22+,23?,27+/m1/s1. The number of fused-ring (bicyclic) bond motifs is 2. The summed E-state index contributed by atoms with van der Waals surface area (Å²) >= 11 is 0. The van der Waals surface area contributed by atoms with Crippen molar-refractivity contribution >= 4 is 23.5 Å². The minimum atomic E-state index is -1.27. The quantitative estimate of drug-likeness (QED) is 0.349. The van der Waals surface area contributed by atoms with E-state index < -0.39 is 35.6 Å². The van der Waals surface area contributed by atoms with E-state index in [0.29, 0.717) is 50.2 Å². The smallest absolute Gasteiger partial charge is 0.312 e. The molecule has 0 aliphatic carbocycles. The Hall–Kier alpha value is -3.17. The molecule has 1 spiro atoms. The molecule has 0 bridgehead atoms. The van der Waals surface area contributed by atoms with Crippen molar-refractivity contribution in [3.05, 3.63) is 48.6 Å². The van der Waals surface area contributed by atoms with E-state index in [0.717, 1.165) is 0 Å². The van der Waals surface area contributed by atoms with Crippen LogP contribution in [0.25, 0.3) is 0 Å². The highest BCUT2D eigenvalue weighted by Gasteiger charge is 2.71. The van der Waals surface area contributed by atoms with Crippen LogP contribution in [0.4, 0.5) is 5.69 Å². The van der Waals surface area contributed by atoms with E-state index in [-0.39, 0.29) is 25.0 Å². The number of esters is 1. The van der Waals surface area contributed by atoms with Gasteiger partial charge < -0.3 is 29.1 Å². The molecule has 0 aromatic heterocycles. The van der Waals surface area contributed by atoms with Gasteiger partial charge in [0.15, 0.2) is 0 Å². The number of benzene rings is 1. The van der Waals surface area contributed by atoms with Crippen molar-refractivity contribution < 1.29 is 33.7 Å². The molecule has 2 amide bonds. The maximum Gasteiger partial charge on any atom is 0.312 e. The molecule has 4 aliphatic rings. The largest absolute Gasteiger partial charge is 0.497 e. The first-order valence-corrected chi connectivity index (χ1v) is 12.6. The van der Waals surface area contributed by atoms with Crippen LogP contribution in [-0.4, -0.2) is 79.0 Å². The summed E-state index contributed by atoms with van der Waals surface area (Å²) in [5.74, 6) is -1.97. The minimum absolute atomic E-state index is 0.0713. The van der Waals surface area contributed by atoms with Gasteiger partial charge in [-0.3, -0.25) is 14.4 Å². The predicted octanol–water partition coefficient (Wildman–Crippen LogP) is 1.84. The molecule has 5 rings (SSSR count). The zero-order valence-corrected chi connectivity index (χ0v) is 20.4. The zero-order chi connectivity index (χ0) is 25.3. The van der Waals surface area contributed by atoms with Gasteiger partial charge in [-0.2, -0.15) is 0 Å². The molecule has 192 valence electrons. The molecule has 9 nitrogen and oxygen atoms in total. The number of amides is 2. The van der Waals surface area contributed by atoms with Gasteiger partial charge in [-0.25, -0.2) is 0 Å². The molecule has 1 aromatic rings. The van der Waals surface area contributed by atoms with E-state index in [1.165, 1.54) is 0 Å². The Morgan fingerprint density at radius 3 is 2.64 bits per heavy atom. The fraction of sp³-hybridized carbons (Fsp3) is 0.519. The predicted molar refractivity (Wildman–Crippen MR) is 130 cm³/mol. The number of methoxy groups -OCH3 is 1. The van der Waals surface area contributed by atoms with Gasteiger partial charge in [-0.1, -0.05) is 24.3 Å². The number of unbranched alkanes of at least 4 members (excludes halogenated alkanes) is 2. The van der Waals surface area contributed by atoms with Gasteiger partial charge in [0.2, 0.25) is 5.91 Å². The Morgan fingerprint density at radius 1 is 1.08 bits per heavy atom. The normalized spacial score (nSPS) is 31.3. The van der Waals surface area contributed by atoms with Gasteiger partial charge in [0.05, 0.1) is 25.7 Å². The number of cyclic esters (lactones) is 1. The SMILES string of the molecule is COc1ccc(N2CC=C[C@]34O[C@@H]5C=CCCOC(=O)[C@@H]5[C@H]3C(=O)N(CCCCCO)C4C2=O)cc1. The van der Waals surface area contributed by atoms with Crippen molar-refractivity contribution in [2.45, 2.75) is 43.4 Å². The average molecular weight is 497 g/mol. The highest BCUT2D eigenvalue weighted by atomic mass is 16.6. The third-order valence-corrected chi connectivity index (χ3v) is 7.56. The lowest BCUT2D eigenvalue weighted by atomic mass is 9.77. The Labute approximate surface area is 210 Å². The fourth-order valence-corrected chi connectivity index (χ4v) is 5.91. The van der Waals surface area contributed by atoms with Crippen molar-refractivity contribution in [1.29, 1.82) is 0 Å². The fourth-order valence-electron chi connectivity index (χ4n) is 5.91. The van der Waals surface area contributed by atoms with Gasteiger partial charge in [0.25, 0.3) is 5.91 Å². The number of hydrogen-bond acceptors (Lipinski definition) is 7. The molecule has 9 heteroatoms. The lowest BCUT2D eigenvalue weighted by Crippen LogP contribution is -2.55. The Bertz CT molecular complexity index is 1070. The number of nitrogens with zero attached hydrogens (tertiary/aromatic N) is 2. The second-order valence-electron chi connectivity index (χ2n) is 9.59. The number of carbonyl (C=O) groups is 3. The number of rotatable bonds is 7. The van der Waals surface area contributed by atoms with Crippen molar-refractivity contribution in [3.8, 4) is 5.75 Å². The van der Waals surface area contributed by atoms with Crippen LogP contribution in [0, 0.1) is 11.8 Å². The number of likely N-dealkylation sites (tertiary alicyclic amines) is 1. The molecule has 5 atom stereocenters. The number of aliphatic hydroxyl groups is 1. The van der Waals surface area contributed by atoms with Crippen molar-refractivity contribution in [3.63, 3.8) is 0 Å². The second-order valence-corrected chi connectivity index (χ2v) is 9.59. The minimum Gasteiger partial charge on any atom is -0.497 e. The molecule has 2 fully saturated rings. The average Bonchev–Trinajstić information content (AvgIpc) is 3.25. The van der Waals surface area contributed by atoms with Crippen LogP contribution in [0.15, 0.2) is 48.6 Å². The lowest BCUT2D eigenvalue weighted by molar-refractivity contribution is -0.154. The Morgan fingerprint density at radius 2 is 1.89 bits per heavy atom. The van der Waals surface area contributed by atoms with Crippen molar-refractivity contribution in [1.82, 2.24) is 4.90 Å². The Balaban J connectivity index is 1.55. The Kier molecular flexibility index (Phi) is 6.85. The van der Waals surface area contributed by atoms with E-state index in [9.17, 15) is 19.5 Å². The van der Waals surface area contributed by atoms with Crippen LogP contribution >= 0.6 is 0 Å². The van der Waals surface area contributed by atoms with Gasteiger partial charge in [-0.05, 0) is 49.9 Å². The van der Waals surface area contributed by atoms with Gasteiger partial charge in [0.1, 0.15) is 23.3 Å². The summed E-state index contributed by atoms with van der Waals surface area (Å²) in [5, 5.41) is 9.18. The van der Waals surface area contributed by atoms with Crippen LogP contribution in [0.2, 0.25) is 0 Å². The summed E-state index contributed by atoms with van der Waals surface area (Å²) in [4.78, 5) is 44.4. The maximum atomic E-state index is 14.2. The molecule has 0 saturated carbocycles. The van der Waals surface area contributed by atoms with Crippen LogP contribution in [0.1, 0.15) is 25.7 Å². The molecule has 1 aromatic carbocycles. The molecule has 1 N–H and O–H groups in total. The van der Waals surface area contributed by atoms with Gasteiger partial charge in [0, 0.05) is 25.4 Å². The number of ether oxygens (including phenoxy) is 3. The summed E-state index contributed by atoms with van der Waals surface area (Å²) in [5.41, 5.74) is -0.586. The molecule has 1 unspecified atom stereocenters. The molecular formula is C27H32N2O7. The monoisotopic (exact) mass is 496 g/mol. The van der Waals surface area contributed by atoms with Crippen LogP contribution in [0.5, 0.6) is 5.75 Å². The molecule has 2 saturated heterocycles. The third kappa shape index (κ3) is 4.00. The maximum absolute atomic E-state index is 14.2. The number of carbonyl (C=O) groups excluding carboxylic acids is 3. The molecule has 0 radical (unpaired) electrons. The number of aliphatic hydroxyl groups excluding tert-OH is 1. The van der Waals surface area contributed by atoms with E-state index >= 15 is 0 Å². The molecule has 36 heavy (non-hydrogen) atoms. The first kappa shape index (κ1) is 24.5. The van der Waals surface area contributed by atoms with Crippen LogP contribution in [-0.2, 0) is 23.9 Å². The van der Waals surface area contributed by atoms with E-state index in [1.807, 2.05) is 36.4 Å². The van der Waals surface area contributed by atoms with Crippen LogP contribution in [0.3, 0.4) is 0 Å². The zero-order valence-electron chi connectivity index (χ0n) is 20.4. The summed E-state index contributed by atoms with van der Waals surface area (Å²) < 4.78 is 17.2. The first-order chi connectivity index (χ1) is 17.5. The second kappa shape index (κ2) is 10.1. The molecule has 4 aliphatic heterocycles.